The van der Waals surface area contributed by atoms with Gasteiger partial charge in [-0.3, -0.25) is 9.59 Å². The van der Waals surface area contributed by atoms with Crippen molar-refractivity contribution in [2.75, 3.05) is 6.61 Å². The summed E-state index contributed by atoms with van der Waals surface area (Å²) in [5, 5.41) is 18.9. The van der Waals surface area contributed by atoms with Crippen LogP contribution in [-0.2, 0) is 16.2 Å². The molecule has 2 aromatic carbocycles. The number of hydrogen-bond acceptors (Lipinski definition) is 7. The van der Waals surface area contributed by atoms with E-state index in [-0.39, 0.29) is 17.5 Å². The Morgan fingerprint density at radius 3 is 2.77 bits per heavy atom. The lowest BCUT2D eigenvalue weighted by Crippen LogP contribution is -2.26. The molecule has 0 radical (unpaired) electrons. The van der Waals surface area contributed by atoms with Crippen LogP contribution in [0.1, 0.15) is 24.5 Å². The van der Waals surface area contributed by atoms with Crippen LogP contribution in [0.15, 0.2) is 52.7 Å². The van der Waals surface area contributed by atoms with Crippen molar-refractivity contribution in [1.82, 2.24) is 5.32 Å². The molecular weight excluding hydrogens is 533 g/mol. The van der Waals surface area contributed by atoms with Crippen molar-refractivity contribution in [3.63, 3.8) is 0 Å². The molecule has 0 aliphatic carbocycles. The SMILES string of the molecule is CCOc1cc(C=NN=C2NC(=O)C(CC(=O)O)S2)cc(I)c1OCc1ccccc1. The van der Waals surface area contributed by atoms with Gasteiger partial charge in [0, 0.05) is 0 Å². The summed E-state index contributed by atoms with van der Waals surface area (Å²) in [7, 11) is 0. The van der Waals surface area contributed by atoms with E-state index in [4.69, 9.17) is 14.6 Å². The first-order chi connectivity index (χ1) is 15.0. The van der Waals surface area contributed by atoms with Crippen LogP contribution in [-0.4, -0.2) is 40.2 Å². The van der Waals surface area contributed by atoms with E-state index in [2.05, 4.69) is 38.1 Å². The third kappa shape index (κ3) is 6.69. The fourth-order valence-corrected chi connectivity index (χ4v) is 4.38. The van der Waals surface area contributed by atoms with Crippen molar-refractivity contribution in [2.24, 2.45) is 10.2 Å². The predicted octanol–water partition coefficient (Wildman–Crippen LogP) is 3.67. The second-order valence-electron chi connectivity index (χ2n) is 6.38. The zero-order valence-corrected chi connectivity index (χ0v) is 19.6. The minimum Gasteiger partial charge on any atom is -0.490 e. The molecular formula is C21H20IN3O5S. The largest absolute Gasteiger partial charge is 0.490 e. The lowest BCUT2D eigenvalue weighted by Gasteiger charge is -2.14. The second-order valence-corrected chi connectivity index (χ2v) is 8.73. The Kier molecular flexibility index (Phi) is 8.29. The summed E-state index contributed by atoms with van der Waals surface area (Å²) in [5.41, 5.74) is 1.81. The van der Waals surface area contributed by atoms with Gasteiger partial charge in [-0.2, -0.15) is 5.10 Å². The number of amides is 1. The molecule has 8 nitrogen and oxygen atoms in total. The standard InChI is InChI=1S/C21H20IN3O5S/c1-2-29-16-9-14(8-15(22)19(16)30-12-13-6-4-3-5-7-13)11-23-25-21-24-20(28)17(31-21)10-18(26)27/h3-9,11,17H,2,10,12H2,1H3,(H,26,27)(H,24,25,28). The van der Waals surface area contributed by atoms with Crippen LogP contribution in [0.5, 0.6) is 11.5 Å². The number of thioether (sulfide) groups is 1. The number of carboxylic acid groups (broad SMARTS) is 1. The molecule has 2 aromatic rings. The highest BCUT2D eigenvalue weighted by molar-refractivity contribution is 14.1. The molecule has 1 atom stereocenters. The lowest BCUT2D eigenvalue weighted by atomic mass is 10.2. The van der Waals surface area contributed by atoms with Gasteiger partial charge in [0.2, 0.25) is 5.91 Å². The van der Waals surface area contributed by atoms with Crippen LogP contribution in [0, 0.1) is 3.57 Å². The van der Waals surface area contributed by atoms with E-state index in [0.29, 0.717) is 24.7 Å². The topological polar surface area (TPSA) is 110 Å². The quantitative estimate of drug-likeness (QED) is 0.279. The number of carboxylic acids is 1. The summed E-state index contributed by atoms with van der Waals surface area (Å²) in [6, 6.07) is 13.6. The molecule has 3 rings (SSSR count). The maximum atomic E-state index is 11.8. The molecule has 1 amide bonds. The summed E-state index contributed by atoms with van der Waals surface area (Å²) in [6.45, 7) is 2.80. The number of ether oxygens (including phenoxy) is 2. The number of aliphatic carboxylic acids is 1. The van der Waals surface area contributed by atoms with Gasteiger partial charge in [-0.15, -0.1) is 5.10 Å². The Labute approximate surface area is 197 Å². The van der Waals surface area contributed by atoms with E-state index in [9.17, 15) is 9.59 Å². The average molecular weight is 553 g/mol. The van der Waals surface area contributed by atoms with E-state index in [1.54, 1.807) is 0 Å². The highest BCUT2D eigenvalue weighted by atomic mass is 127. The summed E-state index contributed by atoms with van der Waals surface area (Å²) in [6.07, 6.45) is 1.27. The highest BCUT2D eigenvalue weighted by Gasteiger charge is 2.32. The molecule has 0 aromatic heterocycles. The number of amidine groups is 1. The fraction of sp³-hybridized carbons (Fsp3) is 0.238. The Bertz CT molecular complexity index is 1010. The molecule has 1 aliphatic heterocycles. The van der Waals surface area contributed by atoms with Crippen LogP contribution in [0.3, 0.4) is 0 Å². The Morgan fingerprint density at radius 1 is 1.29 bits per heavy atom. The van der Waals surface area contributed by atoms with Crippen LogP contribution < -0.4 is 14.8 Å². The lowest BCUT2D eigenvalue weighted by molar-refractivity contribution is -0.138. The monoisotopic (exact) mass is 553 g/mol. The number of nitrogens with one attached hydrogen (secondary N) is 1. The van der Waals surface area contributed by atoms with E-state index < -0.39 is 11.2 Å². The summed E-state index contributed by atoms with van der Waals surface area (Å²) < 4.78 is 12.6. The van der Waals surface area contributed by atoms with Crippen LogP contribution in [0.25, 0.3) is 0 Å². The molecule has 162 valence electrons. The Morgan fingerprint density at radius 2 is 2.06 bits per heavy atom. The van der Waals surface area contributed by atoms with Crippen molar-refractivity contribution >= 4 is 57.6 Å². The van der Waals surface area contributed by atoms with Crippen LogP contribution in [0.2, 0.25) is 0 Å². The third-order valence-electron chi connectivity index (χ3n) is 4.05. The average Bonchev–Trinajstić information content (AvgIpc) is 3.07. The molecule has 1 fully saturated rings. The van der Waals surface area contributed by atoms with Gasteiger partial charge >= 0.3 is 5.97 Å². The molecule has 1 saturated heterocycles. The van der Waals surface area contributed by atoms with Gasteiger partial charge in [0.15, 0.2) is 16.7 Å². The predicted molar refractivity (Wildman–Crippen MR) is 128 cm³/mol. The van der Waals surface area contributed by atoms with Crippen molar-refractivity contribution in [3.05, 3.63) is 57.2 Å². The molecule has 1 unspecified atom stereocenters. The first kappa shape index (κ1) is 23.1. The zero-order valence-electron chi connectivity index (χ0n) is 16.6. The number of benzene rings is 2. The number of nitrogens with zero attached hydrogens (tertiary/aromatic N) is 2. The zero-order chi connectivity index (χ0) is 22.2. The molecule has 31 heavy (non-hydrogen) atoms. The molecule has 1 heterocycles. The van der Waals surface area contributed by atoms with Crippen molar-refractivity contribution in [3.8, 4) is 11.5 Å². The molecule has 1 aliphatic rings. The first-order valence-electron chi connectivity index (χ1n) is 9.39. The minimum atomic E-state index is -1.04. The van der Waals surface area contributed by atoms with E-state index in [1.165, 1.54) is 6.21 Å². The Hall–Kier alpha value is -2.60. The minimum absolute atomic E-state index is 0.264. The summed E-state index contributed by atoms with van der Waals surface area (Å²) in [5.74, 6) is -0.158. The van der Waals surface area contributed by atoms with Crippen molar-refractivity contribution < 1.29 is 24.2 Å². The normalized spacial score (nSPS) is 17.2. The van der Waals surface area contributed by atoms with Crippen molar-refractivity contribution in [1.29, 1.82) is 0 Å². The van der Waals surface area contributed by atoms with Gasteiger partial charge in [0.25, 0.3) is 0 Å². The van der Waals surface area contributed by atoms with E-state index >= 15 is 0 Å². The number of hydrogen-bond donors (Lipinski definition) is 2. The third-order valence-corrected chi connectivity index (χ3v) is 5.92. The van der Waals surface area contributed by atoms with Crippen LogP contribution in [0.4, 0.5) is 0 Å². The van der Waals surface area contributed by atoms with Crippen molar-refractivity contribution in [2.45, 2.75) is 25.2 Å². The first-order valence-corrected chi connectivity index (χ1v) is 11.4. The van der Waals surface area contributed by atoms with E-state index in [0.717, 1.165) is 26.5 Å². The summed E-state index contributed by atoms with van der Waals surface area (Å²) >= 11 is 3.23. The molecule has 10 heteroatoms. The molecule has 0 saturated carbocycles. The molecule has 0 bridgehead atoms. The second kappa shape index (κ2) is 11.1. The highest BCUT2D eigenvalue weighted by Crippen LogP contribution is 2.34. The number of halogens is 1. The van der Waals surface area contributed by atoms with Gasteiger partial charge < -0.3 is 19.9 Å². The van der Waals surface area contributed by atoms with Gasteiger partial charge in [-0.05, 0) is 52.8 Å². The van der Waals surface area contributed by atoms with Gasteiger partial charge in [0.05, 0.1) is 22.8 Å². The number of carbonyl (C=O) groups excluding carboxylic acids is 1. The molecule has 2 N–H and O–H groups in total. The van der Waals surface area contributed by atoms with Gasteiger partial charge in [-0.1, -0.05) is 42.1 Å². The molecule has 0 spiro atoms. The summed E-state index contributed by atoms with van der Waals surface area (Å²) in [4.78, 5) is 22.5. The van der Waals surface area contributed by atoms with Gasteiger partial charge in [-0.25, -0.2) is 0 Å². The van der Waals surface area contributed by atoms with E-state index in [1.807, 2.05) is 49.4 Å². The van der Waals surface area contributed by atoms with Crippen LogP contribution >= 0.6 is 34.4 Å². The van der Waals surface area contributed by atoms with Gasteiger partial charge in [0.1, 0.15) is 11.9 Å². The fourth-order valence-electron chi connectivity index (χ4n) is 2.69. The Balaban J connectivity index is 1.71. The smallest absolute Gasteiger partial charge is 0.305 e. The maximum Gasteiger partial charge on any atom is 0.305 e. The number of rotatable bonds is 9. The maximum absolute atomic E-state index is 11.8. The number of carbonyl (C=O) groups is 2.